The zero-order valence-electron chi connectivity index (χ0n) is 11.4. The van der Waals surface area contributed by atoms with Crippen LogP contribution < -0.4 is 11.1 Å². The van der Waals surface area contributed by atoms with Crippen LogP contribution in [-0.2, 0) is 4.74 Å². The van der Waals surface area contributed by atoms with E-state index in [-0.39, 0.29) is 5.82 Å². The third kappa shape index (κ3) is 3.18. The molecule has 5 nitrogen and oxygen atoms in total. The van der Waals surface area contributed by atoms with Crippen LogP contribution in [0, 0.1) is 11.8 Å². The van der Waals surface area contributed by atoms with Crippen molar-refractivity contribution >= 4 is 28.3 Å². The summed E-state index contributed by atoms with van der Waals surface area (Å²) >= 11 is 1.22. The Morgan fingerprint density at radius 1 is 1.53 bits per heavy atom. The molecule has 0 amide bonds. The van der Waals surface area contributed by atoms with Crippen LogP contribution in [0.25, 0.3) is 0 Å². The molecule has 0 spiro atoms. The molecule has 3 N–H and O–H groups in total. The first kappa shape index (κ1) is 14.1. The van der Waals surface area contributed by atoms with Gasteiger partial charge in [0.05, 0.1) is 7.11 Å². The molecule has 1 saturated carbocycles. The highest BCUT2D eigenvalue weighted by atomic mass is 32.1. The van der Waals surface area contributed by atoms with E-state index in [9.17, 15) is 4.79 Å². The molecule has 19 heavy (non-hydrogen) atoms. The van der Waals surface area contributed by atoms with Gasteiger partial charge in [0.15, 0.2) is 5.82 Å². The van der Waals surface area contributed by atoms with Crippen LogP contribution in [0.2, 0.25) is 0 Å². The highest BCUT2D eigenvalue weighted by molar-refractivity contribution is 7.11. The number of aromatic nitrogens is 1. The molecule has 1 aliphatic carbocycles. The molecule has 6 heteroatoms. The molecule has 1 aromatic heterocycles. The average Bonchev–Trinajstić information content (AvgIpc) is 2.78. The minimum Gasteiger partial charge on any atom is -0.465 e. The lowest BCUT2D eigenvalue weighted by molar-refractivity contribution is 0.0603. The largest absolute Gasteiger partial charge is 0.465 e. The van der Waals surface area contributed by atoms with Gasteiger partial charge in [-0.2, -0.15) is 4.37 Å². The standard InChI is InChI=1S/C13H21N3O2S/c1-8-5-3-4-6-9(8)7-15-12-10(13(17)18-2)11(14)16-19-12/h8-9,15H,3-7H2,1-2H3,(H2,14,16). The van der Waals surface area contributed by atoms with Gasteiger partial charge in [0.2, 0.25) is 0 Å². The van der Waals surface area contributed by atoms with E-state index >= 15 is 0 Å². The first-order chi connectivity index (χ1) is 9.13. The average molecular weight is 283 g/mol. The van der Waals surface area contributed by atoms with E-state index < -0.39 is 5.97 Å². The number of hydrogen-bond donors (Lipinski definition) is 2. The van der Waals surface area contributed by atoms with Crippen molar-refractivity contribution in [3.63, 3.8) is 0 Å². The van der Waals surface area contributed by atoms with E-state index in [0.717, 1.165) is 17.5 Å². The van der Waals surface area contributed by atoms with Gasteiger partial charge in [-0.25, -0.2) is 4.79 Å². The van der Waals surface area contributed by atoms with E-state index in [1.807, 2.05) is 0 Å². The Balaban J connectivity index is 2.01. The summed E-state index contributed by atoms with van der Waals surface area (Å²) in [7, 11) is 1.35. The number of carbonyl (C=O) groups excluding carboxylic acids is 1. The second-order valence-corrected chi connectivity index (χ2v) is 5.94. The van der Waals surface area contributed by atoms with E-state index in [1.54, 1.807) is 0 Å². The maximum absolute atomic E-state index is 11.7. The van der Waals surface area contributed by atoms with Gasteiger partial charge in [-0.3, -0.25) is 0 Å². The molecule has 1 aromatic rings. The number of ether oxygens (including phenoxy) is 1. The molecular weight excluding hydrogens is 262 g/mol. The lowest BCUT2D eigenvalue weighted by Crippen LogP contribution is -2.24. The molecule has 1 fully saturated rings. The van der Waals surface area contributed by atoms with Gasteiger partial charge in [0.25, 0.3) is 0 Å². The Bertz CT molecular complexity index is 447. The third-order valence-corrected chi connectivity index (χ3v) is 4.74. The lowest BCUT2D eigenvalue weighted by atomic mass is 9.80. The number of esters is 1. The number of nitrogen functional groups attached to an aromatic ring is 1. The summed E-state index contributed by atoms with van der Waals surface area (Å²) in [6, 6.07) is 0. The van der Waals surface area contributed by atoms with Crippen molar-refractivity contribution in [3.05, 3.63) is 5.56 Å². The summed E-state index contributed by atoms with van der Waals surface area (Å²) in [6.45, 7) is 3.17. The number of nitrogens with one attached hydrogen (secondary N) is 1. The Morgan fingerprint density at radius 3 is 2.95 bits per heavy atom. The monoisotopic (exact) mass is 283 g/mol. The minimum atomic E-state index is -0.426. The molecule has 0 saturated heterocycles. The van der Waals surface area contributed by atoms with Crippen molar-refractivity contribution in [2.75, 3.05) is 24.7 Å². The van der Waals surface area contributed by atoms with Crippen LogP contribution in [0.3, 0.4) is 0 Å². The molecule has 0 aromatic carbocycles. The molecule has 2 rings (SSSR count). The number of anilines is 2. The quantitative estimate of drug-likeness (QED) is 0.831. The topological polar surface area (TPSA) is 77.2 Å². The van der Waals surface area contributed by atoms with Crippen LogP contribution >= 0.6 is 11.5 Å². The molecule has 1 heterocycles. The maximum Gasteiger partial charge on any atom is 0.344 e. The Morgan fingerprint density at radius 2 is 2.26 bits per heavy atom. The zero-order valence-corrected chi connectivity index (χ0v) is 12.3. The highest BCUT2D eigenvalue weighted by Crippen LogP contribution is 2.32. The van der Waals surface area contributed by atoms with Crippen LogP contribution in [-0.4, -0.2) is 24.0 Å². The van der Waals surface area contributed by atoms with E-state index in [1.165, 1.54) is 44.3 Å². The fourth-order valence-corrected chi connectivity index (χ4v) is 3.35. The van der Waals surface area contributed by atoms with E-state index in [0.29, 0.717) is 11.5 Å². The van der Waals surface area contributed by atoms with Crippen LogP contribution in [0.1, 0.15) is 43.0 Å². The summed E-state index contributed by atoms with van der Waals surface area (Å²) in [5.41, 5.74) is 6.08. The summed E-state index contributed by atoms with van der Waals surface area (Å²) in [5.74, 6) is 1.21. The summed E-state index contributed by atoms with van der Waals surface area (Å²) in [6.07, 6.45) is 5.17. The van der Waals surface area contributed by atoms with Gasteiger partial charge in [-0.15, -0.1) is 0 Å². The van der Waals surface area contributed by atoms with Gasteiger partial charge >= 0.3 is 5.97 Å². The summed E-state index contributed by atoms with van der Waals surface area (Å²) in [4.78, 5) is 11.7. The number of nitrogens with two attached hydrogens (primary N) is 1. The van der Waals surface area contributed by atoms with Crippen molar-refractivity contribution in [2.24, 2.45) is 11.8 Å². The second kappa shape index (κ2) is 6.23. The Labute approximate surface area is 117 Å². The van der Waals surface area contributed by atoms with Gasteiger partial charge in [0, 0.05) is 6.54 Å². The SMILES string of the molecule is COC(=O)c1c(N)nsc1NCC1CCCCC1C. The predicted octanol–water partition coefficient (Wildman–Crippen LogP) is 2.75. The van der Waals surface area contributed by atoms with Crippen molar-refractivity contribution in [3.8, 4) is 0 Å². The second-order valence-electron chi connectivity index (χ2n) is 5.17. The smallest absolute Gasteiger partial charge is 0.344 e. The molecule has 0 radical (unpaired) electrons. The molecule has 1 aliphatic rings. The van der Waals surface area contributed by atoms with Crippen LogP contribution in [0.15, 0.2) is 0 Å². The number of nitrogens with zero attached hydrogens (tertiary/aromatic N) is 1. The fraction of sp³-hybridized carbons (Fsp3) is 0.692. The molecular formula is C13H21N3O2S. The minimum absolute atomic E-state index is 0.246. The predicted molar refractivity (Wildman–Crippen MR) is 77.5 cm³/mol. The Hall–Kier alpha value is -1.30. The maximum atomic E-state index is 11.7. The molecule has 2 atom stereocenters. The molecule has 0 bridgehead atoms. The normalized spacial score (nSPS) is 23.1. The number of hydrogen-bond acceptors (Lipinski definition) is 6. The molecule has 2 unspecified atom stereocenters. The van der Waals surface area contributed by atoms with Gasteiger partial charge in [0.1, 0.15) is 10.6 Å². The highest BCUT2D eigenvalue weighted by Gasteiger charge is 2.24. The van der Waals surface area contributed by atoms with Crippen molar-refractivity contribution in [1.82, 2.24) is 4.37 Å². The van der Waals surface area contributed by atoms with Gasteiger partial charge in [-0.05, 0) is 29.8 Å². The Kier molecular flexibility index (Phi) is 4.63. The fourth-order valence-electron chi connectivity index (χ4n) is 2.64. The third-order valence-electron chi connectivity index (χ3n) is 3.92. The van der Waals surface area contributed by atoms with Crippen LogP contribution in [0.4, 0.5) is 10.8 Å². The van der Waals surface area contributed by atoms with Gasteiger partial charge in [-0.1, -0.05) is 26.2 Å². The van der Waals surface area contributed by atoms with Crippen molar-refractivity contribution < 1.29 is 9.53 Å². The van der Waals surface area contributed by atoms with E-state index in [2.05, 4.69) is 16.6 Å². The molecule has 106 valence electrons. The first-order valence-corrected chi connectivity index (χ1v) is 7.48. The number of carbonyl (C=O) groups is 1. The summed E-state index contributed by atoms with van der Waals surface area (Å²) < 4.78 is 8.76. The first-order valence-electron chi connectivity index (χ1n) is 6.70. The van der Waals surface area contributed by atoms with Crippen molar-refractivity contribution in [2.45, 2.75) is 32.6 Å². The zero-order chi connectivity index (χ0) is 13.8. The van der Waals surface area contributed by atoms with E-state index in [4.69, 9.17) is 10.5 Å². The van der Waals surface area contributed by atoms with Gasteiger partial charge < -0.3 is 15.8 Å². The lowest BCUT2D eigenvalue weighted by Gasteiger charge is -2.28. The van der Waals surface area contributed by atoms with Crippen LogP contribution in [0.5, 0.6) is 0 Å². The molecule has 0 aliphatic heterocycles. The number of rotatable bonds is 4. The van der Waals surface area contributed by atoms with Crippen molar-refractivity contribution in [1.29, 1.82) is 0 Å². The summed E-state index contributed by atoms with van der Waals surface area (Å²) in [5, 5.41) is 4.05. The number of methoxy groups -OCH3 is 1.